The van der Waals surface area contributed by atoms with Crippen LogP contribution in [0.25, 0.3) is 0 Å². The Kier molecular flexibility index (Phi) is 7.24. The number of hydrogen-bond donors (Lipinski definition) is 1. The van der Waals surface area contributed by atoms with E-state index in [2.05, 4.69) is 0 Å². The van der Waals surface area contributed by atoms with Crippen LogP contribution in [0.15, 0.2) is 68.4 Å². The van der Waals surface area contributed by atoms with Gasteiger partial charge in [-0.25, -0.2) is 14.4 Å². The molecule has 45 heavy (non-hydrogen) atoms. The normalized spacial score (nSPS) is 34.8. The molecule has 3 aromatic rings. The second-order valence-corrected chi connectivity index (χ2v) is 12.7. The molecule has 1 saturated heterocycles. The van der Waals surface area contributed by atoms with E-state index < -0.39 is 76.4 Å². The molecule has 0 radical (unpaired) electrons. The molecule has 1 N–H and O–H groups in total. The third kappa shape index (κ3) is 4.67. The number of hydrogen-bond acceptors (Lipinski definition) is 13. The SMILES string of the molecule is CC(=O)OC1C(OC(=O)c2ccco2)CC(C)(O)C23OC(C)(C)C(CC(OC(=O)c4ccco4)C12C)C3OC(=O)c1ccco1. The van der Waals surface area contributed by atoms with Gasteiger partial charge in [-0.15, -0.1) is 0 Å². The van der Waals surface area contributed by atoms with E-state index in [0.29, 0.717) is 0 Å². The van der Waals surface area contributed by atoms with Crippen LogP contribution in [0.2, 0.25) is 0 Å². The minimum Gasteiger partial charge on any atom is -0.458 e. The molecule has 1 spiro atoms. The second-order valence-electron chi connectivity index (χ2n) is 12.7. The molecule has 0 amide bonds. The van der Waals surface area contributed by atoms with Crippen molar-refractivity contribution in [3.63, 3.8) is 0 Å². The summed E-state index contributed by atoms with van der Waals surface area (Å²) in [6.45, 7) is 7.80. The maximum absolute atomic E-state index is 13.4. The van der Waals surface area contributed by atoms with Crippen molar-refractivity contribution < 1.29 is 61.2 Å². The minimum atomic E-state index is -1.94. The molecule has 13 nitrogen and oxygen atoms in total. The topological polar surface area (TPSA) is 174 Å². The predicted molar refractivity (Wildman–Crippen MR) is 149 cm³/mol. The van der Waals surface area contributed by atoms with Gasteiger partial charge in [-0.3, -0.25) is 4.79 Å². The van der Waals surface area contributed by atoms with E-state index in [4.69, 9.17) is 36.9 Å². The third-order valence-corrected chi connectivity index (χ3v) is 9.55. The van der Waals surface area contributed by atoms with Crippen molar-refractivity contribution in [1.82, 2.24) is 0 Å². The molecular formula is C32H34O13. The molecule has 2 saturated carbocycles. The van der Waals surface area contributed by atoms with Crippen LogP contribution in [-0.4, -0.2) is 70.2 Å². The number of esters is 4. The van der Waals surface area contributed by atoms with Crippen molar-refractivity contribution in [2.24, 2.45) is 11.3 Å². The largest absolute Gasteiger partial charge is 0.458 e. The predicted octanol–water partition coefficient (Wildman–Crippen LogP) is 4.10. The molecule has 4 heterocycles. The molecule has 240 valence electrons. The van der Waals surface area contributed by atoms with Gasteiger partial charge in [0.2, 0.25) is 17.3 Å². The zero-order chi connectivity index (χ0) is 32.4. The average molecular weight is 627 g/mol. The van der Waals surface area contributed by atoms with E-state index in [1.807, 2.05) is 0 Å². The van der Waals surface area contributed by atoms with E-state index in [1.165, 1.54) is 69.0 Å². The lowest BCUT2D eigenvalue weighted by Gasteiger charge is -2.65. The Morgan fingerprint density at radius 2 is 1.27 bits per heavy atom. The maximum Gasteiger partial charge on any atom is 0.374 e. The van der Waals surface area contributed by atoms with Crippen molar-refractivity contribution in [1.29, 1.82) is 0 Å². The fourth-order valence-corrected chi connectivity index (χ4v) is 7.72. The highest BCUT2D eigenvalue weighted by Gasteiger charge is 2.84. The number of rotatable bonds is 7. The van der Waals surface area contributed by atoms with Crippen molar-refractivity contribution >= 4 is 23.9 Å². The van der Waals surface area contributed by atoms with Crippen molar-refractivity contribution in [3.05, 3.63) is 72.5 Å². The minimum absolute atomic E-state index is 0.0422. The van der Waals surface area contributed by atoms with Gasteiger partial charge in [-0.1, -0.05) is 0 Å². The Balaban J connectivity index is 1.51. The van der Waals surface area contributed by atoms with Gasteiger partial charge < -0.3 is 42.0 Å². The number of ether oxygens (including phenoxy) is 5. The molecule has 2 bridgehead atoms. The Morgan fingerprint density at radius 3 is 1.76 bits per heavy atom. The van der Waals surface area contributed by atoms with Gasteiger partial charge in [0.15, 0.2) is 6.10 Å². The highest BCUT2D eigenvalue weighted by molar-refractivity contribution is 5.87. The molecule has 8 unspecified atom stereocenters. The van der Waals surface area contributed by atoms with Gasteiger partial charge in [0, 0.05) is 19.3 Å². The Morgan fingerprint density at radius 1 is 0.756 bits per heavy atom. The van der Waals surface area contributed by atoms with Gasteiger partial charge in [-0.05, 0) is 70.5 Å². The summed E-state index contributed by atoms with van der Waals surface area (Å²) in [5.41, 5.74) is -6.59. The number of carbonyl (C=O) groups is 4. The molecule has 0 aromatic carbocycles. The lowest BCUT2D eigenvalue weighted by Crippen LogP contribution is -2.81. The lowest BCUT2D eigenvalue weighted by molar-refractivity contribution is -0.342. The third-order valence-electron chi connectivity index (χ3n) is 9.55. The van der Waals surface area contributed by atoms with Gasteiger partial charge >= 0.3 is 23.9 Å². The van der Waals surface area contributed by atoms with E-state index in [1.54, 1.807) is 20.8 Å². The summed E-state index contributed by atoms with van der Waals surface area (Å²) in [6, 6.07) is 8.84. The zero-order valence-electron chi connectivity index (χ0n) is 25.3. The summed E-state index contributed by atoms with van der Waals surface area (Å²) in [6.07, 6.45) is -1.29. The number of fused-ring (bicyclic) bond motifs is 1. The van der Waals surface area contributed by atoms with Crippen molar-refractivity contribution in [3.8, 4) is 0 Å². The van der Waals surface area contributed by atoms with E-state index in [-0.39, 0.29) is 30.1 Å². The van der Waals surface area contributed by atoms with Crippen LogP contribution in [0.5, 0.6) is 0 Å². The first-order chi connectivity index (χ1) is 21.2. The highest BCUT2D eigenvalue weighted by Crippen LogP contribution is 2.69. The summed E-state index contributed by atoms with van der Waals surface area (Å²) in [5, 5.41) is 12.5. The average Bonchev–Trinajstić information content (AvgIpc) is 3.77. The van der Waals surface area contributed by atoms with Crippen molar-refractivity contribution in [2.45, 2.75) is 88.7 Å². The van der Waals surface area contributed by atoms with Crippen LogP contribution >= 0.6 is 0 Å². The summed E-state index contributed by atoms with van der Waals surface area (Å²) in [4.78, 5) is 52.6. The molecular weight excluding hydrogens is 592 g/mol. The number of furan rings is 3. The molecule has 8 atom stereocenters. The fourth-order valence-electron chi connectivity index (χ4n) is 7.72. The summed E-state index contributed by atoms with van der Waals surface area (Å²) < 4.78 is 46.6. The lowest BCUT2D eigenvalue weighted by atomic mass is 9.47. The van der Waals surface area contributed by atoms with Crippen LogP contribution < -0.4 is 0 Å². The van der Waals surface area contributed by atoms with Crippen LogP contribution in [0.1, 0.15) is 79.1 Å². The molecule has 13 heteroatoms. The summed E-state index contributed by atoms with van der Waals surface area (Å²) in [7, 11) is 0. The van der Waals surface area contributed by atoms with Crippen LogP contribution in [0.3, 0.4) is 0 Å². The fraction of sp³-hybridized carbons (Fsp3) is 0.500. The van der Waals surface area contributed by atoms with Gasteiger partial charge in [-0.2, -0.15) is 0 Å². The first kappa shape index (κ1) is 30.7. The molecule has 3 aromatic heterocycles. The summed E-state index contributed by atoms with van der Waals surface area (Å²) >= 11 is 0. The second kappa shape index (κ2) is 10.6. The monoisotopic (exact) mass is 626 g/mol. The summed E-state index contributed by atoms with van der Waals surface area (Å²) in [5.74, 6) is -4.15. The smallest absolute Gasteiger partial charge is 0.374 e. The van der Waals surface area contributed by atoms with Crippen molar-refractivity contribution in [2.75, 3.05) is 0 Å². The molecule has 1 aliphatic heterocycles. The Hall–Kier alpha value is -4.36. The van der Waals surface area contributed by atoms with Crippen LogP contribution in [0, 0.1) is 11.3 Å². The van der Waals surface area contributed by atoms with E-state index in [0.717, 1.165) is 0 Å². The zero-order valence-corrected chi connectivity index (χ0v) is 25.3. The van der Waals surface area contributed by atoms with Gasteiger partial charge in [0.05, 0.1) is 35.4 Å². The number of aliphatic hydroxyl groups is 1. The maximum atomic E-state index is 13.4. The molecule has 3 aliphatic rings. The van der Waals surface area contributed by atoms with E-state index in [9.17, 15) is 24.3 Å². The van der Waals surface area contributed by atoms with Gasteiger partial charge in [0.1, 0.15) is 23.9 Å². The van der Waals surface area contributed by atoms with Gasteiger partial charge in [0.25, 0.3) is 0 Å². The highest BCUT2D eigenvalue weighted by atomic mass is 16.6. The standard InChI is InChI=1S/C32H34O13/c1-17(33)41-25-22(42-26(34)19-9-6-12-38-19)16-30(4,37)32-24(44-28(36)21-11-8-14-40-21)18(29(2,3)45-32)15-23(31(25,32)5)43-27(35)20-10-7-13-39-20/h6-14,18,22-25,37H,15-16H2,1-5H3. The first-order valence-electron chi connectivity index (χ1n) is 14.5. The van der Waals surface area contributed by atoms with E-state index >= 15 is 0 Å². The first-order valence-corrected chi connectivity index (χ1v) is 14.5. The van der Waals surface area contributed by atoms with Crippen LogP contribution in [0.4, 0.5) is 0 Å². The number of carbonyl (C=O) groups excluding carboxylic acids is 4. The Bertz CT molecular complexity index is 1570. The molecule has 3 fully saturated rings. The quantitative estimate of drug-likeness (QED) is 0.293. The molecule has 2 aliphatic carbocycles. The Labute approximate surface area is 257 Å². The van der Waals surface area contributed by atoms with Crippen LogP contribution in [-0.2, 0) is 28.5 Å². The molecule has 6 rings (SSSR count).